The molecular weight excluding hydrogens is 382 g/mol. The molecule has 1 aliphatic carbocycles. The van der Waals surface area contributed by atoms with E-state index < -0.39 is 5.60 Å². The van der Waals surface area contributed by atoms with E-state index in [0.717, 1.165) is 32.2 Å². The Balaban J connectivity index is 1.98. The van der Waals surface area contributed by atoms with E-state index in [2.05, 4.69) is 84.6 Å². The van der Waals surface area contributed by atoms with Crippen LogP contribution in [0.2, 0.25) is 0 Å². The van der Waals surface area contributed by atoms with Crippen molar-refractivity contribution >= 4 is 5.97 Å². The van der Waals surface area contributed by atoms with E-state index in [9.17, 15) is 4.79 Å². The molecule has 0 N–H and O–H groups in total. The number of allylic oxidation sites excluding steroid dienone is 1. The van der Waals surface area contributed by atoms with Gasteiger partial charge >= 0.3 is 5.97 Å². The fraction of sp³-hybridized carbons (Fsp3) is 0.464. The molecular formula is C28H37NO2. The van der Waals surface area contributed by atoms with E-state index in [1.807, 2.05) is 20.8 Å². The van der Waals surface area contributed by atoms with Crippen LogP contribution in [0.4, 0.5) is 0 Å². The molecule has 0 saturated carbocycles. The summed E-state index contributed by atoms with van der Waals surface area (Å²) < 4.78 is 5.87. The van der Waals surface area contributed by atoms with Crippen LogP contribution < -0.4 is 0 Å². The molecule has 0 heterocycles. The number of rotatable bonds is 6. The maximum atomic E-state index is 13.3. The summed E-state index contributed by atoms with van der Waals surface area (Å²) in [6.45, 7) is 8.89. The van der Waals surface area contributed by atoms with Gasteiger partial charge in [0.05, 0.1) is 5.92 Å². The van der Waals surface area contributed by atoms with E-state index in [-0.39, 0.29) is 24.0 Å². The van der Waals surface area contributed by atoms with Crippen LogP contribution in [0.5, 0.6) is 0 Å². The number of hydrogen-bond donors (Lipinski definition) is 0. The van der Waals surface area contributed by atoms with Crippen LogP contribution in [-0.4, -0.2) is 22.5 Å². The van der Waals surface area contributed by atoms with Crippen molar-refractivity contribution in [2.24, 2.45) is 5.92 Å². The van der Waals surface area contributed by atoms with Crippen molar-refractivity contribution in [3.8, 4) is 0 Å². The van der Waals surface area contributed by atoms with Crippen LogP contribution in [-0.2, 0) is 16.1 Å². The maximum Gasteiger partial charge on any atom is 0.314 e. The van der Waals surface area contributed by atoms with Gasteiger partial charge in [0.2, 0.25) is 0 Å². The molecule has 0 bridgehead atoms. The van der Waals surface area contributed by atoms with Gasteiger partial charge in [-0.05, 0) is 58.1 Å². The molecule has 0 amide bonds. The number of hydrogen-bond acceptors (Lipinski definition) is 3. The van der Waals surface area contributed by atoms with Gasteiger partial charge in [-0.2, -0.15) is 0 Å². The highest BCUT2D eigenvalue weighted by Gasteiger charge is 2.36. The average Bonchev–Trinajstić information content (AvgIpc) is 2.72. The third-order valence-electron chi connectivity index (χ3n) is 5.97. The molecule has 0 unspecified atom stereocenters. The highest BCUT2D eigenvalue weighted by atomic mass is 16.6. The largest absolute Gasteiger partial charge is 0.459 e. The van der Waals surface area contributed by atoms with Crippen LogP contribution in [0.1, 0.15) is 70.5 Å². The van der Waals surface area contributed by atoms with Gasteiger partial charge in [-0.15, -0.1) is 0 Å². The Hall–Kier alpha value is -2.39. The van der Waals surface area contributed by atoms with E-state index >= 15 is 0 Å². The minimum atomic E-state index is -0.493. The van der Waals surface area contributed by atoms with Crippen LogP contribution >= 0.6 is 0 Å². The summed E-state index contributed by atoms with van der Waals surface area (Å²) in [5, 5.41) is 0. The molecule has 0 radical (unpaired) electrons. The SMILES string of the molecule is C[C@H](c1ccccc1)N(Cc1ccccc1)[C@@H]1CCCC/C=C\[C@@H]1C(=O)OC(C)(C)C. The Bertz CT molecular complexity index is 838. The van der Waals surface area contributed by atoms with Gasteiger partial charge in [0.25, 0.3) is 0 Å². The molecule has 2 aromatic rings. The molecule has 3 heteroatoms. The van der Waals surface area contributed by atoms with Crippen LogP contribution in [0.15, 0.2) is 72.8 Å². The lowest BCUT2D eigenvalue weighted by molar-refractivity contribution is -0.161. The van der Waals surface area contributed by atoms with Gasteiger partial charge in [0, 0.05) is 18.6 Å². The van der Waals surface area contributed by atoms with Gasteiger partial charge in [0.1, 0.15) is 5.60 Å². The molecule has 3 nitrogen and oxygen atoms in total. The van der Waals surface area contributed by atoms with Gasteiger partial charge in [-0.3, -0.25) is 9.69 Å². The van der Waals surface area contributed by atoms with Crippen LogP contribution in [0.3, 0.4) is 0 Å². The summed E-state index contributed by atoms with van der Waals surface area (Å²) >= 11 is 0. The first kappa shape index (κ1) is 23.3. The Kier molecular flexibility index (Phi) is 8.09. The lowest BCUT2D eigenvalue weighted by Gasteiger charge is -2.40. The summed E-state index contributed by atoms with van der Waals surface area (Å²) in [6.07, 6.45) is 8.56. The van der Waals surface area contributed by atoms with E-state index in [0.29, 0.717) is 0 Å². The predicted molar refractivity (Wildman–Crippen MR) is 128 cm³/mol. The van der Waals surface area contributed by atoms with Gasteiger partial charge < -0.3 is 4.74 Å². The second-order valence-corrected chi connectivity index (χ2v) is 9.58. The fourth-order valence-electron chi connectivity index (χ4n) is 4.40. The number of benzene rings is 2. The second-order valence-electron chi connectivity index (χ2n) is 9.58. The Labute approximate surface area is 188 Å². The summed E-state index contributed by atoms with van der Waals surface area (Å²) in [4.78, 5) is 15.8. The zero-order chi connectivity index (χ0) is 22.3. The zero-order valence-electron chi connectivity index (χ0n) is 19.5. The normalized spacial score (nSPS) is 21.7. The maximum absolute atomic E-state index is 13.3. The Morgan fingerprint density at radius 3 is 2.32 bits per heavy atom. The molecule has 3 atom stereocenters. The third-order valence-corrected chi connectivity index (χ3v) is 5.97. The van der Waals surface area contributed by atoms with E-state index in [4.69, 9.17) is 4.74 Å². The molecule has 0 fully saturated rings. The molecule has 0 spiro atoms. The summed E-state index contributed by atoms with van der Waals surface area (Å²) in [7, 11) is 0. The van der Waals surface area contributed by atoms with Crippen molar-refractivity contribution < 1.29 is 9.53 Å². The Morgan fingerprint density at radius 1 is 1.03 bits per heavy atom. The Morgan fingerprint density at radius 2 is 1.68 bits per heavy atom. The molecule has 166 valence electrons. The van der Waals surface area contributed by atoms with Crippen molar-refractivity contribution in [1.82, 2.24) is 4.90 Å². The smallest absolute Gasteiger partial charge is 0.314 e. The fourth-order valence-corrected chi connectivity index (χ4v) is 4.40. The highest BCUT2D eigenvalue weighted by Crippen LogP contribution is 2.33. The lowest BCUT2D eigenvalue weighted by Crippen LogP contribution is -2.45. The van der Waals surface area contributed by atoms with Crippen molar-refractivity contribution in [3.05, 3.63) is 83.9 Å². The molecule has 3 rings (SSSR count). The predicted octanol–water partition coefficient (Wildman–Crippen LogP) is 6.71. The topological polar surface area (TPSA) is 29.5 Å². The van der Waals surface area contributed by atoms with Crippen LogP contribution in [0.25, 0.3) is 0 Å². The number of carbonyl (C=O) groups is 1. The monoisotopic (exact) mass is 419 g/mol. The van der Waals surface area contributed by atoms with Crippen molar-refractivity contribution in [2.75, 3.05) is 0 Å². The minimum absolute atomic E-state index is 0.0850. The molecule has 0 aliphatic heterocycles. The first-order valence-corrected chi connectivity index (χ1v) is 11.6. The van der Waals surface area contributed by atoms with Gasteiger partial charge in [-0.25, -0.2) is 0 Å². The molecule has 31 heavy (non-hydrogen) atoms. The van der Waals surface area contributed by atoms with Gasteiger partial charge in [0.15, 0.2) is 0 Å². The van der Waals surface area contributed by atoms with Crippen molar-refractivity contribution in [2.45, 2.75) is 77.6 Å². The second kappa shape index (κ2) is 10.8. The quantitative estimate of drug-likeness (QED) is 0.385. The number of nitrogens with zero attached hydrogens (tertiary/aromatic N) is 1. The van der Waals surface area contributed by atoms with Crippen molar-refractivity contribution in [3.63, 3.8) is 0 Å². The highest BCUT2D eigenvalue weighted by molar-refractivity contribution is 5.76. The molecule has 1 aliphatic rings. The van der Waals surface area contributed by atoms with E-state index in [1.165, 1.54) is 11.1 Å². The summed E-state index contributed by atoms with van der Waals surface area (Å²) in [5.74, 6) is -0.386. The molecule has 0 aromatic heterocycles. The first-order chi connectivity index (χ1) is 14.8. The number of carbonyl (C=O) groups excluding carboxylic acids is 1. The minimum Gasteiger partial charge on any atom is -0.459 e. The van der Waals surface area contributed by atoms with E-state index in [1.54, 1.807) is 0 Å². The average molecular weight is 420 g/mol. The lowest BCUT2D eigenvalue weighted by atomic mass is 9.87. The number of esters is 1. The van der Waals surface area contributed by atoms with Gasteiger partial charge in [-0.1, -0.05) is 79.2 Å². The summed E-state index contributed by atoms with van der Waals surface area (Å²) in [6, 6.07) is 21.5. The number of ether oxygens (including phenoxy) is 1. The standard InChI is InChI=1S/C28H37NO2/c1-22(24-17-11-8-12-18-24)29(21-23-15-9-7-10-16-23)26-20-14-6-5-13-19-25(26)27(30)31-28(2,3)4/h7-13,15-19,22,25-26H,5-6,14,20-21H2,1-4H3/b19-13-/t22-,25+,26-/m1/s1. The molecule has 2 aromatic carbocycles. The first-order valence-electron chi connectivity index (χ1n) is 11.6. The third kappa shape index (κ3) is 6.80. The zero-order valence-corrected chi connectivity index (χ0v) is 19.5. The van der Waals surface area contributed by atoms with Crippen molar-refractivity contribution in [1.29, 1.82) is 0 Å². The molecule has 0 saturated heterocycles. The van der Waals surface area contributed by atoms with Crippen LogP contribution in [0, 0.1) is 5.92 Å². The summed E-state index contributed by atoms with van der Waals surface area (Å²) in [5.41, 5.74) is 2.04.